The zero-order valence-corrected chi connectivity index (χ0v) is 13.8. The number of hydrogen-bond donors (Lipinski definition) is 0. The Hall–Kier alpha value is -1.96. The average Bonchev–Trinajstić information content (AvgIpc) is 2.95. The molecule has 1 heterocycles. The lowest BCUT2D eigenvalue weighted by atomic mass is 10.0. The van der Waals surface area contributed by atoms with Gasteiger partial charge in [-0.05, 0) is 61.9 Å². The van der Waals surface area contributed by atoms with Crippen molar-refractivity contribution in [2.45, 2.75) is 39.5 Å². The van der Waals surface area contributed by atoms with Crippen molar-refractivity contribution >= 4 is 0 Å². The summed E-state index contributed by atoms with van der Waals surface area (Å²) in [5.41, 5.74) is 1.32. The highest BCUT2D eigenvalue weighted by molar-refractivity contribution is 5.28. The van der Waals surface area contributed by atoms with Crippen LogP contribution in [-0.4, -0.2) is 7.11 Å². The minimum Gasteiger partial charge on any atom is -0.497 e. The van der Waals surface area contributed by atoms with E-state index in [2.05, 4.69) is 37.3 Å². The summed E-state index contributed by atoms with van der Waals surface area (Å²) >= 11 is 0. The molecule has 0 aliphatic heterocycles. The first kappa shape index (κ1) is 16.4. The Morgan fingerprint density at radius 1 is 1.18 bits per heavy atom. The highest BCUT2D eigenvalue weighted by atomic mass is 16.5. The van der Waals surface area contributed by atoms with E-state index in [0.29, 0.717) is 5.92 Å². The van der Waals surface area contributed by atoms with Crippen molar-refractivity contribution in [2.24, 2.45) is 5.92 Å². The van der Waals surface area contributed by atoms with Crippen LogP contribution >= 0.6 is 0 Å². The Morgan fingerprint density at radius 2 is 2.05 bits per heavy atom. The normalized spacial score (nSPS) is 12.7. The number of furan rings is 1. The van der Waals surface area contributed by atoms with Gasteiger partial charge in [-0.25, -0.2) is 0 Å². The number of benzene rings is 1. The zero-order valence-electron chi connectivity index (χ0n) is 13.8. The first-order valence-corrected chi connectivity index (χ1v) is 8.02. The van der Waals surface area contributed by atoms with Gasteiger partial charge >= 0.3 is 0 Å². The zero-order chi connectivity index (χ0) is 15.8. The summed E-state index contributed by atoms with van der Waals surface area (Å²) in [6.07, 6.45) is 8.86. The van der Waals surface area contributed by atoms with Crippen molar-refractivity contribution in [2.75, 3.05) is 7.11 Å². The third-order valence-electron chi connectivity index (χ3n) is 3.84. The molecular weight excluding hydrogens is 272 g/mol. The van der Waals surface area contributed by atoms with Crippen molar-refractivity contribution in [3.8, 4) is 5.75 Å². The molecule has 0 fully saturated rings. The maximum Gasteiger partial charge on any atom is 0.119 e. The molecule has 1 atom stereocenters. The van der Waals surface area contributed by atoms with E-state index in [4.69, 9.17) is 9.15 Å². The second-order valence-electron chi connectivity index (χ2n) is 5.85. The number of rotatable bonds is 8. The third-order valence-corrected chi connectivity index (χ3v) is 3.84. The van der Waals surface area contributed by atoms with Gasteiger partial charge < -0.3 is 9.15 Å². The number of allylic oxidation sites excluding steroid dienone is 2. The minimum absolute atomic E-state index is 0.579. The van der Waals surface area contributed by atoms with Gasteiger partial charge in [-0.1, -0.05) is 31.2 Å². The Balaban J connectivity index is 1.70. The maximum atomic E-state index is 5.60. The molecule has 0 spiro atoms. The summed E-state index contributed by atoms with van der Waals surface area (Å²) in [6.45, 7) is 4.25. The minimum atomic E-state index is 0.579. The fourth-order valence-electron chi connectivity index (χ4n) is 2.49. The third kappa shape index (κ3) is 5.44. The van der Waals surface area contributed by atoms with Crippen molar-refractivity contribution in [1.29, 1.82) is 0 Å². The number of hydrogen-bond acceptors (Lipinski definition) is 2. The summed E-state index contributed by atoms with van der Waals surface area (Å²) in [4.78, 5) is 0. The smallest absolute Gasteiger partial charge is 0.119 e. The fraction of sp³-hybridized carbons (Fsp3) is 0.400. The lowest BCUT2D eigenvalue weighted by molar-refractivity contribution is 0.414. The lowest BCUT2D eigenvalue weighted by Crippen LogP contribution is -1.93. The second-order valence-corrected chi connectivity index (χ2v) is 5.85. The predicted molar refractivity (Wildman–Crippen MR) is 91.4 cm³/mol. The van der Waals surface area contributed by atoms with E-state index in [0.717, 1.165) is 43.0 Å². The summed E-state index contributed by atoms with van der Waals surface area (Å²) in [6, 6.07) is 12.4. The SMILES string of the molecule is COc1cccc(CC/C=C\C(C)CCc2ccc(C)o2)c1. The van der Waals surface area contributed by atoms with Gasteiger partial charge in [0, 0.05) is 6.42 Å². The van der Waals surface area contributed by atoms with Crippen molar-refractivity contribution in [3.05, 3.63) is 65.6 Å². The van der Waals surface area contributed by atoms with Crippen molar-refractivity contribution in [3.63, 3.8) is 0 Å². The van der Waals surface area contributed by atoms with Crippen LogP contribution in [0.25, 0.3) is 0 Å². The van der Waals surface area contributed by atoms with Crippen LogP contribution in [0.15, 0.2) is 53.0 Å². The molecule has 1 aromatic carbocycles. The molecule has 0 radical (unpaired) electrons. The van der Waals surface area contributed by atoms with Gasteiger partial charge in [-0.3, -0.25) is 0 Å². The quantitative estimate of drug-likeness (QED) is 0.613. The van der Waals surface area contributed by atoms with E-state index in [1.165, 1.54) is 5.56 Å². The van der Waals surface area contributed by atoms with E-state index < -0.39 is 0 Å². The summed E-state index contributed by atoms with van der Waals surface area (Å²) < 4.78 is 10.9. The predicted octanol–water partition coefficient (Wildman–Crippen LogP) is 5.35. The van der Waals surface area contributed by atoms with Crippen LogP contribution in [0.3, 0.4) is 0 Å². The molecule has 0 bridgehead atoms. The number of aryl methyl sites for hydroxylation is 3. The highest BCUT2D eigenvalue weighted by Gasteiger charge is 2.02. The van der Waals surface area contributed by atoms with Gasteiger partial charge in [0.15, 0.2) is 0 Å². The van der Waals surface area contributed by atoms with Crippen LogP contribution in [-0.2, 0) is 12.8 Å². The fourth-order valence-corrected chi connectivity index (χ4v) is 2.49. The van der Waals surface area contributed by atoms with Crippen LogP contribution in [0.4, 0.5) is 0 Å². The molecule has 0 saturated heterocycles. The number of methoxy groups -OCH3 is 1. The van der Waals surface area contributed by atoms with E-state index >= 15 is 0 Å². The van der Waals surface area contributed by atoms with E-state index in [1.54, 1.807) is 7.11 Å². The van der Waals surface area contributed by atoms with Gasteiger partial charge in [0.2, 0.25) is 0 Å². The molecule has 118 valence electrons. The molecule has 2 heteroatoms. The molecule has 2 nitrogen and oxygen atoms in total. The molecule has 0 aliphatic rings. The van der Waals surface area contributed by atoms with Crippen LogP contribution < -0.4 is 4.74 Å². The molecule has 0 saturated carbocycles. The molecule has 2 rings (SSSR count). The molecule has 0 aliphatic carbocycles. The Bertz CT molecular complexity index is 595. The van der Waals surface area contributed by atoms with Gasteiger partial charge in [0.1, 0.15) is 17.3 Å². The Morgan fingerprint density at radius 3 is 2.77 bits per heavy atom. The molecule has 1 aromatic heterocycles. The molecule has 0 amide bonds. The average molecular weight is 298 g/mol. The van der Waals surface area contributed by atoms with Crippen LogP contribution in [0.5, 0.6) is 5.75 Å². The van der Waals surface area contributed by atoms with Crippen molar-refractivity contribution < 1.29 is 9.15 Å². The summed E-state index contributed by atoms with van der Waals surface area (Å²) in [7, 11) is 1.71. The van der Waals surface area contributed by atoms with E-state index in [9.17, 15) is 0 Å². The van der Waals surface area contributed by atoms with Gasteiger partial charge in [-0.2, -0.15) is 0 Å². The molecular formula is C20H26O2. The Labute approximate surface area is 133 Å². The monoisotopic (exact) mass is 298 g/mol. The second kappa shape index (κ2) is 8.47. The van der Waals surface area contributed by atoms with E-state index in [1.807, 2.05) is 25.1 Å². The van der Waals surface area contributed by atoms with Gasteiger partial charge in [0.25, 0.3) is 0 Å². The van der Waals surface area contributed by atoms with Crippen LogP contribution in [0.2, 0.25) is 0 Å². The summed E-state index contributed by atoms with van der Waals surface area (Å²) in [5.74, 6) is 3.60. The standard InChI is InChI=1S/C20H26O2/c1-16(11-13-19-14-12-17(2)22-19)7-4-5-8-18-9-6-10-20(15-18)21-3/h4,6-7,9-10,12,14-16H,5,8,11,13H2,1-3H3/b7-4-. The van der Waals surface area contributed by atoms with E-state index in [-0.39, 0.29) is 0 Å². The lowest BCUT2D eigenvalue weighted by Gasteiger charge is -2.05. The maximum absolute atomic E-state index is 5.60. The van der Waals surface area contributed by atoms with Gasteiger partial charge in [-0.15, -0.1) is 0 Å². The largest absolute Gasteiger partial charge is 0.497 e. The van der Waals surface area contributed by atoms with Gasteiger partial charge in [0.05, 0.1) is 7.11 Å². The Kier molecular flexibility index (Phi) is 6.32. The summed E-state index contributed by atoms with van der Waals surface area (Å²) in [5, 5.41) is 0. The first-order chi connectivity index (χ1) is 10.7. The topological polar surface area (TPSA) is 22.4 Å². The number of ether oxygens (including phenoxy) is 1. The highest BCUT2D eigenvalue weighted by Crippen LogP contribution is 2.16. The van der Waals surface area contributed by atoms with Crippen LogP contribution in [0.1, 0.15) is 36.8 Å². The molecule has 1 unspecified atom stereocenters. The first-order valence-electron chi connectivity index (χ1n) is 8.02. The van der Waals surface area contributed by atoms with Crippen molar-refractivity contribution in [1.82, 2.24) is 0 Å². The molecule has 22 heavy (non-hydrogen) atoms. The van der Waals surface area contributed by atoms with Crippen LogP contribution in [0, 0.1) is 12.8 Å². The molecule has 2 aromatic rings. The molecule has 0 N–H and O–H groups in total.